The van der Waals surface area contributed by atoms with Crippen LogP contribution in [0, 0.1) is 0 Å². The summed E-state index contributed by atoms with van der Waals surface area (Å²) in [5.74, 6) is 0.213. The van der Waals surface area contributed by atoms with Gasteiger partial charge in [0.15, 0.2) is 0 Å². The van der Waals surface area contributed by atoms with Gasteiger partial charge in [-0.05, 0) is 80.7 Å². The van der Waals surface area contributed by atoms with Gasteiger partial charge in [0.05, 0.1) is 27.8 Å². The summed E-state index contributed by atoms with van der Waals surface area (Å²) in [6.45, 7) is 0.995. The number of amides is 1. The first-order chi connectivity index (χ1) is 20.9. The molecule has 0 saturated heterocycles. The van der Waals surface area contributed by atoms with Crippen LogP contribution in [-0.2, 0) is 6.42 Å². The smallest absolute Gasteiger partial charge is 0.255 e. The van der Waals surface area contributed by atoms with Gasteiger partial charge in [0.2, 0.25) is 5.95 Å². The normalized spacial score (nSPS) is 11.2. The molecule has 6 aromatic rings. The maximum atomic E-state index is 13.2. The van der Waals surface area contributed by atoms with E-state index in [0.29, 0.717) is 33.6 Å². The lowest BCUT2D eigenvalue weighted by molar-refractivity contribution is 0.102. The number of benzene rings is 3. The second-order valence-electron chi connectivity index (χ2n) is 10.4. The molecule has 2 N–H and O–H groups in total. The van der Waals surface area contributed by atoms with Crippen LogP contribution in [0.25, 0.3) is 28.3 Å². The molecule has 3 aromatic heterocycles. The number of nitrogens with zero attached hydrogens (tertiary/aromatic N) is 5. The van der Waals surface area contributed by atoms with Gasteiger partial charge in [0, 0.05) is 35.8 Å². The topological polar surface area (TPSA) is 87.5 Å². The number of halogens is 1. The fourth-order valence-corrected chi connectivity index (χ4v) is 4.98. The third-order valence-corrected chi connectivity index (χ3v) is 7.34. The van der Waals surface area contributed by atoms with Gasteiger partial charge >= 0.3 is 0 Å². The van der Waals surface area contributed by atoms with Crippen LogP contribution in [-0.4, -0.2) is 50.8 Å². The Morgan fingerprint density at radius 2 is 1.72 bits per heavy atom. The summed E-state index contributed by atoms with van der Waals surface area (Å²) in [5.41, 5.74) is 6.95. The molecule has 0 atom stereocenters. The molecule has 0 unspecified atom stereocenters. The molecule has 43 heavy (non-hydrogen) atoms. The Labute approximate surface area is 255 Å². The summed E-state index contributed by atoms with van der Waals surface area (Å²) in [7, 11) is 4.15. The van der Waals surface area contributed by atoms with E-state index < -0.39 is 0 Å². The quantitative estimate of drug-likeness (QED) is 0.186. The number of aromatic nitrogens is 4. The average molecular weight is 588 g/mol. The summed E-state index contributed by atoms with van der Waals surface area (Å²) >= 11 is 6.26. The Morgan fingerprint density at radius 1 is 0.907 bits per heavy atom. The molecule has 0 aliphatic carbocycles. The van der Waals surface area contributed by atoms with Gasteiger partial charge in [-0.1, -0.05) is 54.1 Å². The highest BCUT2D eigenvalue weighted by molar-refractivity contribution is 6.33. The van der Waals surface area contributed by atoms with E-state index in [2.05, 4.69) is 46.7 Å². The summed E-state index contributed by atoms with van der Waals surface area (Å²) in [6, 6.07) is 30.6. The lowest BCUT2D eigenvalue weighted by atomic mass is 10.0. The van der Waals surface area contributed by atoms with Crippen LogP contribution in [0.15, 0.2) is 109 Å². The van der Waals surface area contributed by atoms with Crippen molar-refractivity contribution in [3.05, 3.63) is 126 Å². The van der Waals surface area contributed by atoms with Crippen LogP contribution in [0.5, 0.6) is 0 Å². The van der Waals surface area contributed by atoms with Crippen molar-refractivity contribution in [3.63, 3.8) is 0 Å². The fraction of sp³-hybridized carbons (Fsp3) is 0.118. The molecule has 0 radical (unpaired) electrons. The number of fused-ring (bicyclic) bond motifs is 1. The molecule has 8 nitrogen and oxygen atoms in total. The highest BCUT2D eigenvalue weighted by atomic mass is 35.5. The van der Waals surface area contributed by atoms with Gasteiger partial charge in [-0.25, -0.2) is 15.0 Å². The van der Waals surface area contributed by atoms with E-state index in [-0.39, 0.29) is 5.91 Å². The molecule has 0 bridgehead atoms. The molecule has 3 heterocycles. The van der Waals surface area contributed by atoms with Crippen LogP contribution in [0.4, 0.5) is 17.3 Å². The number of pyridine rings is 1. The zero-order chi connectivity index (χ0) is 29.8. The van der Waals surface area contributed by atoms with Gasteiger partial charge < -0.3 is 15.5 Å². The Balaban J connectivity index is 1.32. The van der Waals surface area contributed by atoms with Gasteiger partial charge in [-0.3, -0.25) is 9.20 Å². The lowest BCUT2D eigenvalue weighted by Crippen LogP contribution is -2.14. The zero-order valence-corrected chi connectivity index (χ0v) is 24.6. The minimum Gasteiger partial charge on any atom is -0.324 e. The molecule has 214 valence electrons. The molecule has 1 amide bonds. The summed E-state index contributed by atoms with van der Waals surface area (Å²) < 4.78 is 2.00. The van der Waals surface area contributed by atoms with E-state index in [1.807, 2.05) is 77.3 Å². The number of carbonyl (C=O) groups is 1. The van der Waals surface area contributed by atoms with Crippen molar-refractivity contribution in [3.8, 4) is 22.6 Å². The second kappa shape index (κ2) is 12.4. The van der Waals surface area contributed by atoms with Gasteiger partial charge in [-0.2, -0.15) is 0 Å². The van der Waals surface area contributed by atoms with Gasteiger partial charge in [-0.15, -0.1) is 0 Å². The summed E-state index contributed by atoms with van der Waals surface area (Å²) in [5, 5.41) is 6.70. The Hall–Kier alpha value is -5.05. The molecule has 6 rings (SSSR count). The van der Waals surface area contributed by atoms with Crippen LogP contribution in [0.3, 0.4) is 0 Å². The Morgan fingerprint density at radius 3 is 2.53 bits per heavy atom. The number of anilines is 3. The highest BCUT2D eigenvalue weighted by Crippen LogP contribution is 2.33. The third kappa shape index (κ3) is 6.40. The van der Waals surface area contributed by atoms with E-state index in [1.165, 1.54) is 5.56 Å². The number of carbonyl (C=O) groups excluding carboxylic acids is 1. The number of nitrogens with one attached hydrogen (secondary N) is 2. The van der Waals surface area contributed by atoms with Crippen molar-refractivity contribution in [2.45, 2.75) is 6.42 Å². The summed E-state index contributed by atoms with van der Waals surface area (Å²) in [4.78, 5) is 29.6. The number of hydrogen-bond donors (Lipinski definition) is 2. The number of likely N-dealkylation sites (N-methyl/N-ethyl adjacent to an activating group) is 1. The minimum absolute atomic E-state index is 0.262. The molecular weight excluding hydrogens is 558 g/mol. The standard InChI is InChI=1S/C34H30ClN7O/c1-41(2)21-18-23-13-15-26(16-14-23)37-34-36-19-17-29(39-34)32-31(40-30-12-5-6-20-42(30)32)24-8-7-9-25(22-24)33(43)38-28-11-4-3-10-27(28)35/h3-17,19-20,22H,18,21H2,1-2H3,(H,38,43)(H,36,37,39). The maximum absolute atomic E-state index is 13.2. The third-order valence-electron chi connectivity index (χ3n) is 7.01. The zero-order valence-electron chi connectivity index (χ0n) is 23.8. The van der Waals surface area contributed by atoms with Crippen LogP contribution in [0.1, 0.15) is 15.9 Å². The molecule has 9 heteroatoms. The molecular formula is C34H30ClN7O. The first-order valence-corrected chi connectivity index (χ1v) is 14.3. The van der Waals surface area contributed by atoms with E-state index in [0.717, 1.165) is 35.6 Å². The highest BCUT2D eigenvalue weighted by Gasteiger charge is 2.19. The van der Waals surface area contributed by atoms with Crippen molar-refractivity contribution in [2.75, 3.05) is 31.3 Å². The first-order valence-electron chi connectivity index (χ1n) is 13.9. The minimum atomic E-state index is -0.262. The first kappa shape index (κ1) is 28.1. The van der Waals surface area contributed by atoms with Crippen LogP contribution < -0.4 is 10.6 Å². The van der Waals surface area contributed by atoms with E-state index in [9.17, 15) is 4.79 Å². The monoisotopic (exact) mass is 587 g/mol. The van der Waals surface area contributed by atoms with Crippen molar-refractivity contribution in [1.29, 1.82) is 0 Å². The van der Waals surface area contributed by atoms with Crippen molar-refractivity contribution in [2.24, 2.45) is 0 Å². The number of rotatable bonds is 9. The number of para-hydroxylation sites is 1. The SMILES string of the molecule is CN(C)CCc1ccc(Nc2nccc(-c3c(-c4cccc(C(=O)Nc5ccccc5Cl)c4)nc4ccccn34)n2)cc1. The van der Waals surface area contributed by atoms with Gasteiger partial charge in [0.25, 0.3) is 5.91 Å². The average Bonchev–Trinajstić information content (AvgIpc) is 3.42. The predicted octanol–water partition coefficient (Wildman–Crippen LogP) is 7.21. The lowest BCUT2D eigenvalue weighted by Gasteiger charge is -2.11. The Kier molecular flexibility index (Phi) is 8.13. The molecule has 0 aliphatic rings. The largest absolute Gasteiger partial charge is 0.324 e. The van der Waals surface area contributed by atoms with Crippen molar-refractivity contribution < 1.29 is 4.79 Å². The van der Waals surface area contributed by atoms with Gasteiger partial charge in [0.1, 0.15) is 5.65 Å². The fourth-order valence-electron chi connectivity index (χ4n) is 4.79. The molecule has 3 aromatic carbocycles. The Bertz CT molecular complexity index is 1900. The predicted molar refractivity (Wildman–Crippen MR) is 173 cm³/mol. The maximum Gasteiger partial charge on any atom is 0.255 e. The van der Waals surface area contributed by atoms with E-state index in [4.69, 9.17) is 21.6 Å². The van der Waals surface area contributed by atoms with Crippen molar-refractivity contribution >= 4 is 40.5 Å². The summed E-state index contributed by atoms with van der Waals surface area (Å²) in [6.07, 6.45) is 4.67. The number of hydrogen-bond acceptors (Lipinski definition) is 6. The second-order valence-corrected chi connectivity index (χ2v) is 10.8. The molecule has 0 saturated carbocycles. The molecule has 0 spiro atoms. The van der Waals surface area contributed by atoms with Crippen molar-refractivity contribution in [1.82, 2.24) is 24.3 Å². The van der Waals surface area contributed by atoms with E-state index >= 15 is 0 Å². The molecule has 0 aliphatic heterocycles. The molecule has 0 fully saturated rings. The number of imidazole rings is 1. The van der Waals surface area contributed by atoms with Crippen LogP contribution in [0.2, 0.25) is 5.02 Å². The van der Waals surface area contributed by atoms with Crippen LogP contribution >= 0.6 is 11.6 Å². The van der Waals surface area contributed by atoms with E-state index in [1.54, 1.807) is 24.4 Å².